The molecule has 2 aliphatic rings. The van der Waals surface area contributed by atoms with E-state index in [-0.39, 0.29) is 23.6 Å². The van der Waals surface area contributed by atoms with Crippen molar-refractivity contribution in [3.05, 3.63) is 57.8 Å². The molecule has 3 heterocycles. The zero-order valence-corrected chi connectivity index (χ0v) is 20.4. The molecule has 1 aromatic heterocycles. The van der Waals surface area contributed by atoms with Crippen LogP contribution in [0.1, 0.15) is 46.5 Å². The Balaban J connectivity index is 1.12. The summed E-state index contributed by atoms with van der Waals surface area (Å²) in [6.07, 6.45) is 4.60. The maximum atomic E-state index is 12.4. The van der Waals surface area contributed by atoms with Crippen molar-refractivity contribution in [2.24, 2.45) is 5.92 Å². The van der Waals surface area contributed by atoms with Gasteiger partial charge in [-0.05, 0) is 74.3 Å². The lowest BCUT2D eigenvalue weighted by molar-refractivity contribution is -0.126. The van der Waals surface area contributed by atoms with Crippen LogP contribution in [-0.2, 0) is 22.6 Å². The molecule has 0 unspecified atom stereocenters. The van der Waals surface area contributed by atoms with Crippen LogP contribution < -0.4 is 10.6 Å². The summed E-state index contributed by atoms with van der Waals surface area (Å²) in [6, 6.07) is 11.6. The maximum Gasteiger partial charge on any atom is 0.253 e. The van der Waals surface area contributed by atoms with E-state index in [0.717, 1.165) is 63.8 Å². The van der Waals surface area contributed by atoms with Crippen molar-refractivity contribution in [2.75, 3.05) is 39.3 Å². The Hall–Kier alpha value is -2.71. The fourth-order valence-electron chi connectivity index (χ4n) is 4.59. The van der Waals surface area contributed by atoms with Crippen molar-refractivity contribution >= 4 is 29.1 Å². The molecule has 0 atom stereocenters. The molecule has 0 radical (unpaired) electrons. The van der Waals surface area contributed by atoms with Crippen LogP contribution in [0.25, 0.3) is 0 Å². The molecule has 0 saturated carbocycles. The molecule has 0 spiro atoms. The lowest BCUT2D eigenvalue weighted by Gasteiger charge is -2.30. The van der Waals surface area contributed by atoms with E-state index < -0.39 is 0 Å². The number of hydrogen-bond donors (Lipinski definition) is 2. The van der Waals surface area contributed by atoms with Gasteiger partial charge in [0, 0.05) is 42.5 Å². The number of carbonyl (C=O) groups is 3. The van der Waals surface area contributed by atoms with Crippen molar-refractivity contribution in [1.29, 1.82) is 0 Å². The van der Waals surface area contributed by atoms with E-state index in [9.17, 15) is 14.4 Å². The number of nitrogens with zero attached hydrogens (tertiary/aromatic N) is 2. The summed E-state index contributed by atoms with van der Waals surface area (Å²) >= 11 is 1.71. The standard InChI is InChI=1S/C26H34N4O3S/c31-24(28-18-20-5-7-22(8-6-20)26(33)30-13-1-2-14-30)19-29-15-10-21(11-16-29)25(32)27-12-9-23-4-3-17-34-23/h3-8,17,21H,1-2,9-16,18-19H2,(H,27,32)(H,28,31). The van der Waals surface area contributed by atoms with Crippen LogP contribution in [0.15, 0.2) is 41.8 Å². The third kappa shape index (κ3) is 6.90. The highest BCUT2D eigenvalue weighted by Crippen LogP contribution is 2.18. The maximum absolute atomic E-state index is 12.4. The van der Waals surface area contributed by atoms with Crippen molar-refractivity contribution in [3.63, 3.8) is 0 Å². The van der Waals surface area contributed by atoms with Gasteiger partial charge in [0.25, 0.3) is 5.91 Å². The monoisotopic (exact) mass is 482 g/mol. The predicted octanol–water partition coefficient (Wildman–Crippen LogP) is 2.67. The zero-order valence-electron chi connectivity index (χ0n) is 19.6. The molecular weight excluding hydrogens is 448 g/mol. The van der Waals surface area contributed by atoms with E-state index >= 15 is 0 Å². The normalized spacial score (nSPS) is 17.0. The minimum atomic E-state index is -0.0175. The Labute approximate surface area is 205 Å². The molecule has 0 aliphatic carbocycles. The Morgan fingerprint density at radius 2 is 1.68 bits per heavy atom. The quantitative estimate of drug-likeness (QED) is 0.576. The lowest BCUT2D eigenvalue weighted by Crippen LogP contribution is -2.44. The number of piperidine rings is 1. The molecule has 34 heavy (non-hydrogen) atoms. The molecule has 2 fully saturated rings. The van der Waals surface area contributed by atoms with Crippen LogP contribution in [0.2, 0.25) is 0 Å². The van der Waals surface area contributed by atoms with Crippen molar-refractivity contribution in [1.82, 2.24) is 20.4 Å². The highest BCUT2D eigenvalue weighted by Gasteiger charge is 2.25. The first-order valence-corrected chi connectivity index (χ1v) is 13.1. The highest BCUT2D eigenvalue weighted by molar-refractivity contribution is 7.09. The van der Waals surface area contributed by atoms with Crippen LogP contribution >= 0.6 is 11.3 Å². The fraction of sp³-hybridized carbons (Fsp3) is 0.500. The first-order chi connectivity index (χ1) is 16.6. The van der Waals surface area contributed by atoms with Crippen LogP contribution in [0.5, 0.6) is 0 Å². The van der Waals surface area contributed by atoms with E-state index in [0.29, 0.717) is 25.2 Å². The van der Waals surface area contributed by atoms with Crippen LogP contribution in [0.3, 0.4) is 0 Å². The summed E-state index contributed by atoms with van der Waals surface area (Å²) in [4.78, 5) is 42.6. The topological polar surface area (TPSA) is 81.8 Å². The molecule has 3 amide bonds. The lowest BCUT2D eigenvalue weighted by atomic mass is 9.96. The van der Waals surface area contributed by atoms with Crippen molar-refractivity contribution in [2.45, 2.75) is 38.6 Å². The smallest absolute Gasteiger partial charge is 0.253 e. The van der Waals surface area contributed by atoms with Gasteiger partial charge in [-0.15, -0.1) is 11.3 Å². The van der Waals surface area contributed by atoms with Gasteiger partial charge in [0.05, 0.1) is 6.54 Å². The number of rotatable bonds is 9. The first kappa shape index (κ1) is 24.4. The summed E-state index contributed by atoms with van der Waals surface area (Å²) in [6.45, 7) is 4.66. The average molecular weight is 483 g/mol. The SMILES string of the molecule is O=C(CN1CCC(C(=O)NCCc2cccs2)CC1)NCc1ccc(C(=O)N2CCCC2)cc1. The number of nitrogens with one attached hydrogen (secondary N) is 2. The molecule has 2 N–H and O–H groups in total. The highest BCUT2D eigenvalue weighted by atomic mass is 32.1. The summed E-state index contributed by atoms with van der Waals surface area (Å²) in [5, 5.41) is 8.08. The minimum Gasteiger partial charge on any atom is -0.355 e. The Kier molecular flexibility index (Phi) is 8.71. The molecule has 7 nitrogen and oxygen atoms in total. The molecule has 4 rings (SSSR count). The second kappa shape index (κ2) is 12.1. The molecular formula is C26H34N4O3S. The van der Waals surface area contributed by atoms with Gasteiger partial charge in [-0.25, -0.2) is 0 Å². The molecule has 2 aromatic rings. The van der Waals surface area contributed by atoms with Crippen LogP contribution in [-0.4, -0.2) is 66.8 Å². The first-order valence-electron chi connectivity index (χ1n) is 12.3. The summed E-state index contributed by atoms with van der Waals surface area (Å²) in [7, 11) is 0. The van der Waals surface area contributed by atoms with Crippen molar-refractivity contribution < 1.29 is 14.4 Å². The van der Waals surface area contributed by atoms with Gasteiger partial charge in [-0.1, -0.05) is 18.2 Å². The van der Waals surface area contributed by atoms with Gasteiger partial charge in [-0.2, -0.15) is 0 Å². The van der Waals surface area contributed by atoms with E-state index in [4.69, 9.17) is 0 Å². The van der Waals surface area contributed by atoms with E-state index in [2.05, 4.69) is 27.0 Å². The third-order valence-corrected chi connectivity index (χ3v) is 7.60. The van der Waals surface area contributed by atoms with Crippen molar-refractivity contribution in [3.8, 4) is 0 Å². The second-order valence-electron chi connectivity index (χ2n) is 9.14. The third-order valence-electron chi connectivity index (χ3n) is 6.66. The molecule has 2 aliphatic heterocycles. The van der Waals surface area contributed by atoms with Gasteiger partial charge in [0.1, 0.15) is 0 Å². The molecule has 8 heteroatoms. The number of thiophene rings is 1. The van der Waals surface area contributed by atoms with Gasteiger partial charge in [-0.3, -0.25) is 19.3 Å². The predicted molar refractivity (Wildman–Crippen MR) is 134 cm³/mol. The van der Waals surface area contributed by atoms with Crippen LogP contribution in [0.4, 0.5) is 0 Å². The summed E-state index contributed by atoms with van der Waals surface area (Å²) < 4.78 is 0. The average Bonchev–Trinajstić information content (AvgIpc) is 3.58. The Bertz CT molecular complexity index is 947. The summed E-state index contributed by atoms with van der Waals surface area (Å²) in [5.74, 6) is 0.237. The van der Waals surface area contributed by atoms with E-state index in [1.54, 1.807) is 11.3 Å². The largest absolute Gasteiger partial charge is 0.355 e. The molecule has 182 valence electrons. The van der Waals surface area contributed by atoms with E-state index in [1.807, 2.05) is 35.2 Å². The van der Waals surface area contributed by atoms with Gasteiger partial charge in [0.2, 0.25) is 11.8 Å². The fourth-order valence-corrected chi connectivity index (χ4v) is 5.30. The number of amides is 3. The minimum absolute atomic E-state index is 0.0175. The van der Waals surface area contributed by atoms with Crippen LogP contribution in [0, 0.1) is 5.92 Å². The number of carbonyl (C=O) groups excluding carboxylic acids is 3. The summed E-state index contributed by atoms with van der Waals surface area (Å²) in [5.41, 5.74) is 1.68. The Morgan fingerprint density at radius 3 is 2.35 bits per heavy atom. The van der Waals surface area contributed by atoms with E-state index in [1.165, 1.54) is 4.88 Å². The van der Waals surface area contributed by atoms with Gasteiger partial charge >= 0.3 is 0 Å². The molecule has 1 aromatic carbocycles. The van der Waals surface area contributed by atoms with Gasteiger partial charge < -0.3 is 15.5 Å². The molecule has 0 bridgehead atoms. The molecule has 2 saturated heterocycles. The van der Waals surface area contributed by atoms with Gasteiger partial charge in [0.15, 0.2) is 0 Å². The Morgan fingerprint density at radius 1 is 0.941 bits per heavy atom. The second-order valence-corrected chi connectivity index (χ2v) is 10.2. The number of hydrogen-bond acceptors (Lipinski definition) is 5. The number of likely N-dealkylation sites (tertiary alicyclic amines) is 2. The zero-order chi connectivity index (χ0) is 23.8. The number of benzene rings is 1.